The zero-order valence-electron chi connectivity index (χ0n) is 24.2. The fourth-order valence-corrected chi connectivity index (χ4v) is 6.40. The highest BCUT2D eigenvalue weighted by Crippen LogP contribution is 2.57. The molecule has 6 atom stereocenters. The summed E-state index contributed by atoms with van der Waals surface area (Å²) in [5.41, 5.74) is 1.30. The van der Waals surface area contributed by atoms with Crippen LogP contribution in [0.3, 0.4) is 0 Å². The molecule has 0 radical (unpaired) electrons. The van der Waals surface area contributed by atoms with Crippen molar-refractivity contribution in [2.45, 2.75) is 37.0 Å². The van der Waals surface area contributed by atoms with Gasteiger partial charge >= 0.3 is 5.97 Å². The molecule has 3 aliphatic rings. The second-order valence-electron chi connectivity index (χ2n) is 11.3. The highest BCUT2D eigenvalue weighted by Gasteiger charge is 2.69. The molecule has 1 aromatic carbocycles. The van der Waals surface area contributed by atoms with Gasteiger partial charge in [-0.3, -0.25) is 24.1 Å². The summed E-state index contributed by atoms with van der Waals surface area (Å²) >= 11 is 0. The number of carbonyl (C=O) groups is 4. The Labute approximate surface area is 242 Å². The number of ether oxygens (including phenoxy) is 2. The maximum absolute atomic E-state index is 14.4. The number of ketones is 2. The Morgan fingerprint density at radius 2 is 1.76 bits per heavy atom. The lowest BCUT2D eigenvalue weighted by atomic mass is 9.54. The zero-order chi connectivity index (χ0) is 31.3. The van der Waals surface area contributed by atoms with E-state index in [2.05, 4.69) is 0 Å². The van der Waals surface area contributed by atoms with Gasteiger partial charge in [0.15, 0.2) is 11.4 Å². The van der Waals surface area contributed by atoms with Gasteiger partial charge < -0.3 is 40.5 Å². The van der Waals surface area contributed by atoms with Crippen LogP contribution in [0.15, 0.2) is 35.1 Å². The van der Waals surface area contributed by atoms with Gasteiger partial charge in [0, 0.05) is 30.4 Å². The standard InChI is InChI=1S/C29H37N3O10/c1-6-16(34)42-25-18-14(12-41-11-10-31(2)3)13-8-7-9-15(33)17(13)23(35)19(18)26(37)29(40)21(25)22(32(4)5)24(36)20(27(29)38)28(30)39/h7-9,14,18,21-22,25,33,35,38,40H,6,10-12H2,1-5H3,(H2,30,39). The molecule has 42 heavy (non-hydrogen) atoms. The molecule has 3 aliphatic carbocycles. The fraction of sp³-hybridized carbons (Fsp3) is 0.517. The number of amides is 1. The van der Waals surface area contributed by atoms with Gasteiger partial charge in [-0.05, 0) is 39.8 Å². The highest BCUT2D eigenvalue weighted by atomic mass is 16.5. The van der Waals surface area contributed by atoms with E-state index in [1.807, 2.05) is 19.0 Å². The van der Waals surface area contributed by atoms with Gasteiger partial charge in [-0.25, -0.2) is 0 Å². The van der Waals surface area contributed by atoms with E-state index in [1.54, 1.807) is 12.1 Å². The van der Waals surface area contributed by atoms with Crippen molar-refractivity contribution in [2.75, 3.05) is 47.9 Å². The number of hydrogen-bond donors (Lipinski definition) is 5. The molecule has 0 aliphatic heterocycles. The molecular weight excluding hydrogens is 550 g/mol. The molecule has 6 N–H and O–H groups in total. The third kappa shape index (κ3) is 4.75. The first-order chi connectivity index (χ1) is 19.7. The molecule has 6 unspecified atom stereocenters. The predicted octanol–water partition coefficient (Wildman–Crippen LogP) is 0.0150. The Balaban J connectivity index is 2.04. The number of primary amides is 1. The van der Waals surface area contributed by atoms with Crippen molar-refractivity contribution in [2.24, 2.45) is 17.6 Å². The Hall–Kier alpha value is -3.78. The van der Waals surface area contributed by atoms with Crippen molar-refractivity contribution < 1.29 is 49.1 Å². The second-order valence-corrected chi connectivity index (χ2v) is 11.3. The minimum atomic E-state index is -3.00. The number of aliphatic hydroxyl groups is 3. The van der Waals surface area contributed by atoms with Crippen LogP contribution in [-0.2, 0) is 28.7 Å². The van der Waals surface area contributed by atoms with Gasteiger partial charge in [0.05, 0.1) is 30.7 Å². The van der Waals surface area contributed by atoms with Crippen LogP contribution in [0.5, 0.6) is 5.75 Å². The molecule has 0 spiro atoms. The average molecular weight is 588 g/mol. The largest absolute Gasteiger partial charge is 0.508 e. The third-order valence-corrected chi connectivity index (χ3v) is 8.31. The summed E-state index contributed by atoms with van der Waals surface area (Å²) in [6, 6.07) is 3.04. The molecule has 13 heteroatoms. The molecule has 0 aromatic heterocycles. The van der Waals surface area contributed by atoms with Crippen LogP contribution in [0.4, 0.5) is 0 Å². The van der Waals surface area contributed by atoms with Crippen molar-refractivity contribution in [3.8, 4) is 5.75 Å². The molecule has 13 nitrogen and oxygen atoms in total. The number of carbonyl (C=O) groups excluding carboxylic acids is 4. The number of nitrogens with zero attached hydrogens (tertiary/aromatic N) is 2. The molecule has 0 saturated heterocycles. The van der Waals surface area contributed by atoms with Crippen LogP contribution in [-0.4, -0.2) is 119 Å². The van der Waals surface area contributed by atoms with Gasteiger partial charge in [-0.2, -0.15) is 0 Å². The molecule has 1 aromatic rings. The zero-order valence-corrected chi connectivity index (χ0v) is 24.2. The summed E-state index contributed by atoms with van der Waals surface area (Å²) in [5.74, 6) is -10.2. The van der Waals surface area contributed by atoms with Gasteiger partial charge in [0.1, 0.15) is 28.9 Å². The summed E-state index contributed by atoms with van der Waals surface area (Å²) < 4.78 is 11.8. The number of phenolic OH excluding ortho intramolecular Hbond substituents is 1. The third-order valence-electron chi connectivity index (χ3n) is 8.31. The number of rotatable bonds is 9. The number of phenols is 1. The molecule has 4 rings (SSSR count). The topological polar surface area (TPSA) is 200 Å². The number of aromatic hydroxyl groups is 1. The van der Waals surface area contributed by atoms with Gasteiger partial charge in [-0.1, -0.05) is 19.1 Å². The predicted molar refractivity (Wildman–Crippen MR) is 148 cm³/mol. The SMILES string of the molecule is CCC(=O)OC1C2C(=C(O)c3c(O)cccc3C2COCCN(C)C)C(=O)C2(O)C(O)=C(C(N)=O)C(=O)C(N(C)C)C12. The normalized spacial score (nSPS) is 29.0. The van der Waals surface area contributed by atoms with Crippen LogP contribution >= 0.6 is 0 Å². The average Bonchev–Trinajstić information content (AvgIpc) is 2.90. The van der Waals surface area contributed by atoms with E-state index in [0.29, 0.717) is 12.1 Å². The summed E-state index contributed by atoms with van der Waals surface area (Å²) in [6.07, 6.45) is -1.59. The van der Waals surface area contributed by atoms with E-state index < -0.39 is 81.6 Å². The van der Waals surface area contributed by atoms with Crippen LogP contribution < -0.4 is 5.73 Å². The second kappa shape index (κ2) is 11.5. The number of hydrogen-bond acceptors (Lipinski definition) is 12. The highest BCUT2D eigenvalue weighted by molar-refractivity contribution is 6.24. The van der Waals surface area contributed by atoms with E-state index in [-0.39, 0.29) is 30.9 Å². The number of aliphatic hydroxyl groups excluding tert-OH is 2. The summed E-state index contributed by atoms with van der Waals surface area (Å²) in [7, 11) is 6.65. The Bertz CT molecular complexity index is 1380. The summed E-state index contributed by atoms with van der Waals surface area (Å²) in [5, 5.41) is 45.6. The summed E-state index contributed by atoms with van der Waals surface area (Å²) in [6.45, 7) is 2.31. The van der Waals surface area contributed by atoms with E-state index in [4.69, 9.17) is 15.2 Å². The van der Waals surface area contributed by atoms with Crippen LogP contribution in [0.1, 0.15) is 30.4 Å². The van der Waals surface area contributed by atoms with E-state index in [9.17, 15) is 39.6 Å². The number of Topliss-reactive ketones (excluding diaryl/α,β-unsaturated/α-hetero) is 2. The molecule has 1 saturated carbocycles. The smallest absolute Gasteiger partial charge is 0.305 e. The first-order valence-corrected chi connectivity index (χ1v) is 13.6. The van der Waals surface area contributed by atoms with E-state index >= 15 is 0 Å². The van der Waals surface area contributed by atoms with Crippen molar-refractivity contribution in [3.05, 3.63) is 46.2 Å². The van der Waals surface area contributed by atoms with Gasteiger partial charge in [0.2, 0.25) is 5.78 Å². The van der Waals surface area contributed by atoms with Crippen molar-refractivity contribution in [3.63, 3.8) is 0 Å². The lowest BCUT2D eigenvalue weighted by Crippen LogP contribution is -2.71. The van der Waals surface area contributed by atoms with Gasteiger partial charge in [0.25, 0.3) is 5.91 Å². The van der Waals surface area contributed by atoms with Crippen LogP contribution in [0, 0.1) is 11.8 Å². The Morgan fingerprint density at radius 1 is 1.10 bits per heavy atom. The van der Waals surface area contributed by atoms with Crippen molar-refractivity contribution in [1.82, 2.24) is 9.80 Å². The number of fused-ring (bicyclic) bond motifs is 3. The van der Waals surface area contributed by atoms with Crippen LogP contribution in [0.25, 0.3) is 5.76 Å². The maximum atomic E-state index is 14.4. The van der Waals surface area contributed by atoms with Gasteiger partial charge in [-0.15, -0.1) is 0 Å². The van der Waals surface area contributed by atoms with E-state index in [1.165, 1.54) is 32.0 Å². The minimum absolute atomic E-state index is 0.0563. The Kier molecular flexibility index (Phi) is 8.52. The molecule has 228 valence electrons. The molecular formula is C29H37N3O10. The van der Waals surface area contributed by atoms with Crippen molar-refractivity contribution >= 4 is 29.2 Å². The van der Waals surface area contributed by atoms with Crippen LogP contribution in [0.2, 0.25) is 0 Å². The first-order valence-electron chi connectivity index (χ1n) is 13.6. The Morgan fingerprint density at radius 3 is 2.33 bits per heavy atom. The maximum Gasteiger partial charge on any atom is 0.305 e. The molecule has 0 bridgehead atoms. The van der Waals surface area contributed by atoms with E-state index in [0.717, 1.165) is 0 Å². The number of benzene rings is 1. The molecule has 0 heterocycles. The monoisotopic (exact) mass is 587 g/mol. The molecule has 1 amide bonds. The lowest BCUT2D eigenvalue weighted by molar-refractivity contribution is -0.186. The minimum Gasteiger partial charge on any atom is -0.508 e. The quantitative estimate of drug-likeness (QED) is 0.148. The number of likely N-dealkylation sites (N-methyl/N-ethyl adjacent to an activating group) is 2. The number of nitrogens with two attached hydrogens (primary N) is 1. The number of esters is 1. The summed E-state index contributed by atoms with van der Waals surface area (Å²) in [4.78, 5) is 56.4. The first kappa shape index (κ1) is 31.2. The molecule has 1 fully saturated rings. The van der Waals surface area contributed by atoms with Crippen molar-refractivity contribution in [1.29, 1.82) is 0 Å². The fourth-order valence-electron chi connectivity index (χ4n) is 6.40. The lowest BCUT2D eigenvalue weighted by Gasteiger charge is -2.54.